The second-order valence-corrected chi connectivity index (χ2v) is 3.92. The van der Waals surface area contributed by atoms with Gasteiger partial charge in [-0.15, -0.1) is 0 Å². The molecule has 0 saturated carbocycles. The summed E-state index contributed by atoms with van der Waals surface area (Å²) in [5.41, 5.74) is 0. The molecule has 1 aromatic carbocycles. The van der Waals surface area contributed by atoms with Gasteiger partial charge in [-0.1, -0.05) is 27.5 Å². The van der Waals surface area contributed by atoms with Crippen LogP contribution in [0.1, 0.15) is 0 Å². The fourth-order valence-corrected chi connectivity index (χ4v) is 1.50. The maximum absolute atomic E-state index is 11.8. The molecule has 0 aromatic heterocycles. The van der Waals surface area contributed by atoms with Gasteiger partial charge >= 0.3 is 58.4 Å². The molecule has 0 N–H and O–H groups in total. The molecule has 0 atom stereocenters. The molecule has 0 aliphatic rings. The number of halogens is 5. The second kappa shape index (κ2) is 6.88. The van der Waals surface area contributed by atoms with Crippen LogP contribution in [-0.2, 0) is 0 Å². The third-order valence-corrected chi connectivity index (χ3v) is 2.11. The van der Waals surface area contributed by atoms with Gasteiger partial charge in [0.15, 0.2) is 0 Å². The first kappa shape index (κ1) is 16.3. The Bertz CT molecular complexity index is 337. The van der Waals surface area contributed by atoms with Gasteiger partial charge in [0.1, 0.15) is 5.75 Å². The van der Waals surface area contributed by atoms with Crippen molar-refractivity contribution in [1.82, 2.24) is 0 Å². The SMILES string of the molecule is F[B-](F)(F)COc1ccc(Br)cc1Cl.[K+]. The van der Waals surface area contributed by atoms with E-state index < -0.39 is 13.5 Å². The first-order valence-electron chi connectivity index (χ1n) is 3.67. The first-order chi connectivity index (χ1) is 6.38. The Morgan fingerprint density at radius 3 is 2.40 bits per heavy atom. The molecule has 0 spiro atoms. The molecule has 1 rings (SSSR count). The van der Waals surface area contributed by atoms with Crippen molar-refractivity contribution in [3.05, 3.63) is 27.7 Å². The van der Waals surface area contributed by atoms with Crippen LogP contribution in [0.4, 0.5) is 12.9 Å². The van der Waals surface area contributed by atoms with E-state index in [-0.39, 0.29) is 62.2 Å². The minimum Gasteiger partial charge on any atom is -0.520 e. The van der Waals surface area contributed by atoms with Crippen molar-refractivity contribution in [2.75, 3.05) is 6.51 Å². The van der Waals surface area contributed by atoms with E-state index in [4.69, 9.17) is 11.6 Å². The van der Waals surface area contributed by atoms with E-state index in [9.17, 15) is 12.9 Å². The molecular weight excluding hydrogens is 322 g/mol. The molecule has 0 amide bonds. The van der Waals surface area contributed by atoms with Crippen LogP contribution in [0, 0.1) is 0 Å². The molecule has 1 nitrogen and oxygen atoms in total. The monoisotopic (exact) mass is 326 g/mol. The van der Waals surface area contributed by atoms with Gasteiger partial charge in [0.25, 0.3) is 0 Å². The third-order valence-electron chi connectivity index (χ3n) is 1.32. The zero-order valence-electron chi connectivity index (χ0n) is 7.81. The quantitative estimate of drug-likeness (QED) is 0.749. The van der Waals surface area contributed by atoms with Gasteiger partial charge in [0.05, 0.1) is 11.5 Å². The van der Waals surface area contributed by atoms with Gasteiger partial charge in [0, 0.05) is 4.47 Å². The number of hydrogen-bond donors (Lipinski definition) is 0. The van der Waals surface area contributed by atoms with E-state index in [1.165, 1.54) is 12.1 Å². The molecule has 0 radical (unpaired) electrons. The standard InChI is InChI=1S/C7H5BBrClF3O.K/c9-5-1-2-7(6(10)3-5)14-4-8(11,12)13;/h1-3H,4H2;/q-1;+1. The van der Waals surface area contributed by atoms with Crippen LogP contribution < -0.4 is 56.1 Å². The zero-order chi connectivity index (χ0) is 10.8. The number of ether oxygens (including phenoxy) is 1. The summed E-state index contributed by atoms with van der Waals surface area (Å²) < 4.78 is 40.7. The molecular formula is C7H5BBrClF3KO. The molecule has 0 unspecified atom stereocenters. The predicted molar refractivity (Wildman–Crippen MR) is 53.7 cm³/mol. The molecule has 8 heteroatoms. The molecule has 78 valence electrons. The topological polar surface area (TPSA) is 9.23 Å². The fraction of sp³-hybridized carbons (Fsp3) is 0.143. The van der Waals surface area contributed by atoms with E-state index >= 15 is 0 Å². The Labute approximate surface area is 141 Å². The molecule has 1 aromatic rings. The van der Waals surface area contributed by atoms with Crippen LogP contribution in [0.3, 0.4) is 0 Å². The van der Waals surface area contributed by atoms with Crippen molar-refractivity contribution in [3.8, 4) is 5.75 Å². The molecule has 0 heterocycles. The maximum Gasteiger partial charge on any atom is 1.00 e. The molecule has 0 saturated heterocycles. The summed E-state index contributed by atoms with van der Waals surface area (Å²) in [5.74, 6) is 0.0362. The smallest absolute Gasteiger partial charge is 0.520 e. The van der Waals surface area contributed by atoms with Gasteiger partial charge < -0.3 is 17.7 Å². The van der Waals surface area contributed by atoms with Crippen LogP contribution in [-0.4, -0.2) is 13.5 Å². The van der Waals surface area contributed by atoms with E-state index in [0.717, 1.165) is 0 Å². The van der Waals surface area contributed by atoms with Crippen LogP contribution in [0.5, 0.6) is 5.75 Å². The summed E-state index contributed by atoms with van der Waals surface area (Å²) in [7, 11) is 0. The zero-order valence-corrected chi connectivity index (χ0v) is 13.3. The normalized spacial score (nSPS) is 10.7. The Hall–Kier alpha value is 1.28. The van der Waals surface area contributed by atoms with Crippen LogP contribution in [0.25, 0.3) is 0 Å². The van der Waals surface area contributed by atoms with Crippen LogP contribution >= 0.6 is 27.5 Å². The Balaban J connectivity index is 0.00000196. The average molecular weight is 327 g/mol. The van der Waals surface area contributed by atoms with Gasteiger partial charge in [-0.25, -0.2) is 0 Å². The van der Waals surface area contributed by atoms with Crippen molar-refractivity contribution in [1.29, 1.82) is 0 Å². The number of hydrogen-bond acceptors (Lipinski definition) is 1. The van der Waals surface area contributed by atoms with E-state index in [2.05, 4.69) is 20.7 Å². The van der Waals surface area contributed by atoms with Crippen molar-refractivity contribution in [3.63, 3.8) is 0 Å². The van der Waals surface area contributed by atoms with Gasteiger partial charge in [0.2, 0.25) is 0 Å². The fourth-order valence-electron chi connectivity index (χ4n) is 0.777. The second-order valence-electron chi connectivity index (χ2n) is 2.60. The molecule has 0 bridgehead atoms. The van der Waals surface area contributed by atoms with E-state index in [0.29, 0.717) is 4.47 Å². The first-order valence-corrected chi connectivity index (χ1v) is 4.84. The number of benzene rings is 1. The summed E-state index contributed by atoms with van der Waals surface area (Å²) >= 11 is 8.77. The van der Waals surface area contributed by atoms with Gasteiger partial charge in [-0.05, 0) is 18.2 Å². The summed E-state index contributed by atoms with van der Waals surface area (Å²) in [6.45, 7) is -6.22. The Morgan fingerprint density at radius 2 is 1.93 bits per heavy atom. The van der Waals surface area contributed by atoms with Crippen molar-refractivity contribution in [2.45, 2.75) is 0 Å². The summed E-state index contributed by atoms with van der Waals surface area (Å²) in [4.78, 5) is 0. The molecule has 0 fully saturated rings. The minimum absolute atomic E-state index is 0. The number of rotatable bonds is 3. The van der Waals surface area contributed by atoms with Gasteiger partial charge in [-0.2, -0.15) is 0 Å². The van der Waals surface area contributed by atoms with Crippen molar-refractivity contribution in [2.24, 2.45) is 0 Å². The van der Waals surface area contributed by atoms with Crippen LogP contribution in [0.2, 0.25) is 5.02 Å². The molecule has 0 aliphatic heterocycles. The molecule has 0 aliphatic carbocycles. The minimum atomic E-state index is -4.94. The summed E-state index contributed by atoms with van der Waals surface area (Å²) in [5, 5.41) is 0.152. The third kappa shape index (κ3) is 6.55. The average Bonchev–Trinajstić information content (AvgIpc) is 2.00. The summed E-state index contributed by atoms with van der Waals surface area (Å²) in [6.07, 6.45) is 0. The Kier molecular flexibility index (Phi) is 7.47. The van der Waals surface area contributed by atoms with Crippen molar-refractivity contribution < 1.29 is 69.1 Å². The Morgan fingerprint density at radius 1 is 1.33 bits per heavy atom. The van der Waals surface area contributed by atoms with E-state index in [1.54, 1.807) is 6.07 Å². The largest absolute Gasteiger partial charge is 1.00 e. The summed E-state index contributed by atoms with van der Waals surface area (Å²) in [6, 6.07) is 4.42. The van der Waals surface area contributed by atoms with Gasteiger partial charge in [-0.3, -0.25) is 0 Å². The van der Waals surface area contributed by atoms with E-state index in [1.807, 2.05) is 0 Å². The predicted octanol–water partition coefficient (Wildman–Crippen LogP) is 0.872. The van der Waals surface area contributed by atoms with Crippen LogP contribution in [0.15, 0.2) is 22.7 Å². The maximum atomic E-state index is 11.8. The van der Waals surface area contributed by atoms with Crippen molar-refractivity contribution >= 4 is 34.5 Å². The molecule has 15 heavy (non-hydrogen) atoms.